The predicted octanol–water partition coefficient (Wildman–Crippen LogP) is 5.98. The van der Waals surface area contributed by atoms with Gasteiger partial charge in [-0.2, -0.15) is 0 Å². The molecule has 2 aromatic rings. The first kappa shape index (κ1) is 27.3. The van der Waals surface area contributed by atoms with Gasteiger partial charge in [0.1, 0.15) is 13.2 Å². The lowest BCUT2D eigenvalue weighted by molar-refractivity contribution is -0.143. The van der Waals surface area contributed by atoms with E-state index in [2.05, 4.69) is 5.32 Å². The molecule has 9 heteroatoms. The number of benzene rings is 2. The molecule has 7 nitrogen and oxygen atoms in total. The van der Waals surface area contributed by atoms with Crippen molar-refractivity contribution in [1.29, 1.82) is 0 Å². The molecule has 1 unspecified atom stereocenters. The first-order valence-corrected chi connectivity index (χ1v) is 12.3. The van der Waals surface area contributed by atoms with Crippen LogP contribution < -0.4 is 5.32 Å². The second kappa shape index (κ2) is 13.1. The predicted molar refractivity (Wildman–Crippen MR) is 138 cm³/mol. The van der Waals surface area contributed by atoms with E-state index in [0.717, 1.165) is 5.56 Å². The fourth-order valence-electron chi connectivity index (χ4n) is 3.78. The molecule has 1 heterocycles. The average Bonchev–Trinajstić information content (AvgIpc) is 2.85. The number of esters is 2. The van der Waals surface area contributed by atoms with Gasteiger partial charge in [0.2, 0.25) is 0 Å². The number of amides is 2. The molecular weight excluding hydrogens is 503 g/mol. The van der Waals surface area contributed by atoms with Gasteiger partial charge in [0.25, 0.3) is 0 Å². The van der Waals surface area contributed by atoms with Crippen molar-refractivity contribution in [1.82, 2.24) is 10.2 Å². The van der Waals surface area contributed by atoms with Gasteiger partial charge in [0, 0.05) is 28.7 Å². The van der Waals surface area contributed by atoms with Crippen LogP contribution >= 0.6 is 23.2 Å². The third-order valence-electron chi connectivity index (χ3n) is 5.64. The molecule has 2 aromatic carbocycles. The summed E-state index contributed by atoms with van der Waals surface area (Å²) in [5.74, 6) is -0.941. The highest BCUT2D eigenvalue weighted by molar-refractivity contribution is 6.35. The Kier molecular flexibility index (Phi) is 9.96. The largest absolute Gasteiger partial charge is 0.461 e. The second-order valence-corrected chi connectivity index (χ2v) is 8.96. The fraction of sp³-hybridized carbons (Fsp3) is 0.296. The van der Waals surface area contributed by atoms with Crippen molar-refractivity contribution in [3.8, 4) is 0 Å². The van der Waals surface area contributed by atoms with Crippen molar-refractivity contribution < 1.29 is 23.9 Å². The highest BCUT2D eigenvalue weighted by Crippen LogP contribution is 2.36. The monoisotopic (exact) mass is 530 g/mol. The summed E-state index contributed by atoms with van der Waals surface area (Å²) in [7, 11) is 0. The van der Waals surface area contributed by atoms with Crippen molar-refractivity contribution >= 4 is 41.2 Å². The number of allylic oxidation sites excluding steroid dienone is 2. The Bertz CT molecular complexity index is 1160. The van der Waals surface area contributed by atoms with Crippen LogP contribution in [-0.4, -0.2) is 36.0 Å². The van der Waals surface area contributed by atoms with Crippen LogP contribution in [0.25, 0.3) is 0 Å². The smallest absolute Gasteiger partial charge is 0.338 e. The number of hydrogen-bond donors (Lipinski definition) is 1. The lowest BCUT2D eigenvalue weighted by atomic mass is 9.94. The summed E-state index contributed by atoms with van der Waals surface area (Å²) in [5, 5.41) is 3.60. The summed E-state index contributed by atoms with van der Waals surface area (Å²) in [6.07, 6.45) is 4.02. The van der Waals surface area contributed by atoms with Crippen LogP contribution in [0.3, 0.4) is 0 Å². The molecule has 0 saturated heterocycles. The van der Waals surface area contributed by atoms with Gasteiger partial charge in [0.05, 0.1) is 11.6 Å². The van der Waals surface area contributed by atoms with Crippen molar-refractivity contribution in [3.63, 3.8) is 0 Å². The number of carbonyl (C=O) groups excluding carboxylic acids is 3. The summed E-state index contributed by atoms with van der Waals surface area (Å²) in [5.41, 5.74) is 2.03. The van der Waals surface area contributed by atoms with E-state index in [1.54, 1.807) is 37.3 Å². The zero-order chi connectivity index (χ0) is 26.1. The van der Waals surface area contributed by atoms with Gasteiger partial charge in [-0.15, -0.1) is 0 Å². The van der Waals surface area contributed by atoms with Crippen LogP contribution in [0, 0.1) is 0 Å². The third kappa shape index (κ3) is 7.12. The minimum Gasteiger partial charge on any atom is -0.461 e. The summed E-state index contributed by atoms with van der Waals surface area (Å²) >= 11 is 12.5. The Labute approximate surface area is 220 Å². The highest BCUT2D eigenvalue weighted by Gasteiger charge is 2.37. The Morgan fingerprint density at radius 3 is 2.56 bits per heavy atom. The van der Waals surface area contributed by atoms with E-state index >= 15 is 0 Å². The maximum atomic E-state index is 13.3. The van der Waals surface area contributed by atoms with E-state index < -0.39 is 18.0 Å². The Morgan fingerprint density at radius 2 is 1.86 bits per heavy atom. The lowest BCUT2D eigenvalue weighted by Gasteiger charge is -2.35. The SMILES string of the molecule is C/C=C/COC(=O)CCCN1C(=O)NC(c2ccc(Cl)cc2Cl)C(C(=O)OCc2ccccc2)=C1C. The molecule has 190 valence electrons. The minimum atomic E-state index is -0.826. The van der Waals surface area contributed by atoms with Crippen molar-refractivity contribution in [3.05, 3.63) is 93.1 Å². The van der Waals surface area contributed by atoms with E-state index in [1.807, 2.05) is 37.3 Å². The minimum absolute atomic E-state index is 0.0729. The maximum Gasteiger partial charge on any atom is 0.338 e. The molecule has 36 heavy (non-hydrogen) atoms. The molecule has 1 N–H and O–H groups in total. The summed E-state index contributed by atoms with van der Waals surface area (Å²) in [4.78, 5) is 39.7. The normalized spacial score (nSPS) is 15.7. The second-order valence-electron chi connectivity index (χ2n) is 8.12. The molecule has 0 fully saturated rings. The van der Waals surface area contributed by atoms with Gasteiger partial charge < -0.3 is 14.8 Å². The van der Waals surface area contributed by atoms with E-state index in [9.17, 15) is 14.4 Å². The number of nitrogens with zero attached hydrogens (tertiary/aromatic N) is 1. The molecular formula is C27H28Cl2N2O5. The molecule has 0 aromatic heterocycles. The molecule has 0 radical (unpaired) electrons. The number of nitrogens with one attached hydrogen (secondary N) is 1. The standard InChI is InChI=1S/C27H28Cl2N2O5/c1-3-4-15-35-23(32)11-8-14-31-18(2)24(26(33)36-17-19-9-6-5-7-10-19)25(30-27(31)34)21-13-12-20(28)16-22(21)29/h3-7,9-10,12-13,16,25H,8,11,14-15,17H2,1-2H3,(H,30,34)/b4-3+. The van der Waals surface area contributed by atoms with Gasteiger partial charge in [-0.05, 0) is 43.5 Å². The van der Waals surface area contributed by atoms with Gasteiger partial charge >= 0.3 is 18.0 Å². The first-order valence-electron chi connectivity index (χ1n) is 11.5. The lowest BCUT2D eigenvalue weighted by Crippen LogP contribution is -2.48. The number of halogens is 2. The third-order valence-corrected chi connectivity index (χ3v) is 6.20. The zero-order valence-corrected chi connectivity index (χ0v) is 21.6. The number of rotatable bonds is 10. The van der Waals surface area contributed by atoms with Crippen molar-refractivity contribution in [2.45, 2.75) is 39.3 Å². The average molecular weight is 531 g/mol. The molecule has 0 saturated carbocycles. The first-order chi connectivity index (χ1) is 17.3. The van der Waals surface area contributed by atoms with Crippen LogP contribution in [0.1, 0.15) is 43.9 Å². The van der Waals surface area contributed by atoms with Crippen LogP contribution in [0.2, 0.25) is 10.0 Å². The molecule has 0 spiro atoms. The Hall–Kier alpha value is -3.29. The maximum absolute atomic E-state index is 13.3. The molecule has 1 aliphatic heterocycles. The fourth-order valence-corrected chi connectivity index (χ4v) is 4.29. The van der Waals surface area contributed by atoms with E-state index in [-0.39, 0.29) is 37.7 Å². The van der Waals surface area contributed by atoms with E-state index in [0.29, 0.717) is 27.7 Å². The van der Waals surface area contributed by atoms with Crippen LogP contribution in [0.4, 0.5) is 4.79 Å². The molecule has 0 aliphatic carbocycles. The highest BCUT2D eigenvalue weighted by atomic mass is 35.5. The Balaban J connectivity index is 1.83. The number of hydrogen-bond acceptors (Lipinski definition) is 5. The van der Waals surface area contributed by atoms with Crippen LogP contribution in [0.5, 0.6) is 0 Å². The van der Waals surface area contributed by atoms with Crippen LogP contribution in [-0.2, 0) is 25.7 Å². The zero-order valence-electron chi connectivity index (χ0n) is 20.1. The summed E-state index contributed by atoms with van der Waals surface area (Å²) in [6, 6.07) is 12.9. The quantitative estimate of drug-likeness (QED) is 0.301. The molecule has 1 aliphatic rings. The molecule has 3 rings (SSSR count). The van der Waals surface area contributed by atoms with E-state index in [1.165, 1.54) is 4.90 Å². The number of carbonyl (C=O) groups is 3. The van der Waals surface area contributed by atoms with Gasteiger partial charge in [0.15, 0.2) is 0 Å². The van der Waals surface area contributed by atoms with Crippen molar-refractivity contribution in [2.24, 2.45) is 0 Å². The molecule has 1 atom stereocenters. The number of ether oxygens (including phenoxy) is 2. The van der Waals surface area contributed by atoms with Crippen LogP contribution in [0.15, 0.2) is 72.0 Å². The van der Waals surface area contributed by atoms with E-state index in [4.69, 9.17) is 32.7 Å². The van der Waals surface area contributed by atoms with Gasteiger partial charge in [-0.25, -0.2) is 9.59 Å². The molecule has 0 bridgehead atoms. The van der Waals surface area contributed by atoms with Crippen molar-refractivity contribution in [2.75, 3.05) is 13.2 Å². The van der Waals surface area contributed by atoms with Gasteiger partial charge in [-0.3, -0.25) is 9.69 Å². The summed E-state index contributed by atoms with van der Waals surface area (Å²) < 4.78 is 10.7. The number of urea groups is 1. The Morgan fingerprint density at radius 1 is 1.11 bits per heavy atom. The van der Waals surface area contributed by atoms with Gasteiger partial charge in [-0.1, -0.05) is 71.8 Å². The summed E-state index contributed by atoms with van der Waals surface area (Å²) in [6.45, 7) is 4.01. The molecule has 2 amide bonds. The topological polar surface area (TPSA) is 84.9 Å².